The van der Waals surface area contributed by atoms with Gasteiger partial charge in [-0.05, 0) is 53.4 Å². The van der Waals surface area contributed by atoms with Crippen LogP contribution in [0.15, 0.2) is 113 Å². The van der Waals surface area contributed by atoms with E-state index in [-0.39, 0.29) is 36.8 Å². The van der Waals surface area contributed by atoms with Gasteiger partial charge in [0.05, 0.1) is 58.1 Å². The van der Waals surface area contributed by atoms with Crippen LogP contribution < -0.4 is 53.4 Å². The third kappa shape index (κ3) is 17.4. The van der Waals surface area contributed by atoms with Crippen molar-refractivity contribution in [3.05, 3.63) is 125 Å². The number of aliphatic imine (C=N–C) groups is 2. The average Bonchev–Trinajstić information content (AvgIpc) is 1.40. The van der Waals surface area contributed by atoms with Crippen molar-refractivity contribution >= 4 is 59.0 Å². The van der Waals surface area contributed by atoms with Gasteiger partial charge in [-0.2, -0.15) is 0 Å². The summed E-state index contributed by atoms with van der Waals surface area (Å²) in [6.45, 7) is -3.53. The van der Waals surface area contributed by atoms with Crippen LogP contribution in [0.4, 0.5) is 0 Å². The molecule has 7 heterocycles. The number of hydrogen-bond donors (Lipinski definition) is 21. The maximum Gasteiger partial charge on any atom is 0.246 e. The predicted molar refractivity (Wildman–Crippen MR) is 360 cm³/mol. The molecule has 25 atom stereocenters. The minimum atomic E-state index is -2.35. The fourth-order valence-corrected chi connectivity index (χ4v) is 13.5. The Kier molecular flexibility index (Phi) is 24.9. The summed E-state index contributed by atoms with van der Waals surface area (Å²) in [7, 11) is 0. The largest absolute Gasteiger partial charge is 0.462 e. The van der Waals surface area contributed by atoms with E-state index in [0.717, 1.165) is 16.0 Å². The Balaban J connectivity index is 0.824. The van der Waals surface area contributed by atoms with Crippen LogP contribution in [0.1, 0.15) is 29.9 Å². The van der Waals surface area contributed by atoms with Gasteiger partial charge in [0.25, 0.3) is 0 Å². The van der Waals surface area contributed by atoms with E-state index in [1.54, 1.807) is 54.6 Å². The molecule has 37 nitrogen and oxygen atoms in total. The van der Waals surface area contributed by atoms with Gasteiger partial charge in [-0.1, -0.05) is 90.5 Å². The van der Waals surface area contributed by atoms with Crippen molar-refractivity contribution in [3.63, 3.8) is 0 Å². The molecule has 0 spiro atoms. The normalized spacial score (nSPS) is 35.8. The van der Waals surface area contributed by atoms with Gasteiger partial charge in [0.15, 0.2) is 30.7 Å². The number of carbonyl (C=O) groups is 6. The zero-order valence-electron chi connectivity index (χ0n) is 56.1. The standard InChI is InChI=1S/C67H85ClN12O25/c1-67(20-29-5-3-2-4-6-29)64(98)75-35(19-28-7-17-34(18-8-28)100-62-52(92)49(89)54(40(26-83)102-62)105-63-53(93)50(90)55-41(103-63)27-99-61(104-55)32-11-9-30(10-12-32)31-13-15-33(68)16-14-31)57(95)77-43(45(85)36-21-72-65(69)76-36)59(97)78-44(58(96)74-37(24-81)56(94)71-23-42(84)79-67)46(86)38-22-73-66(70)80(38)60-51(91)48(88)47(87)39(25-82)101-60/h2-18,35-41,43-55,60-63,81-83,85-93H,19-27H2,1H3,(H2,70,73)(H,71,94)(H,74,96)(H,75,98)(H,77,95)(H,78,97)(H,79,84)(H3,69,72,76). The summed E-state index contributed by atoms with van der Waals surface area (Å²) in [5, 5.41) is 152. The van der Waals surface area contributed by atoms with Crippen molar-refractivity contribution in [1.29, 1.82) is 0 Å². The van der Waals surface area contributed by atoms with Gasteiger partial charge in [-0.3, -0.25) is 38.8 Å². The molecule has 7 aliphatic rings. The molecule has 6 amide bonds. The van der Waals surface area contributed by atoms with E-state index in [4.69, 9.17) is 56.2 Å². The molecule has 7 aliphatic heterocycles. The number of amides is 6. The lowest BCUT2D eigenvalue weighted by Gasteiger charge is -2.48. The van der Waals surface area contributed by atoms with E-state index in [0.29, 0.717) is 16.1 Å². The SMILES string of the molecule is CC1(Cc2ccccc2)NC(=O)CNC(=O)C(CO)NC(=O)C(C(O)C2CN=C(N)N2C2OC(CO)C(O)C(O)C2O)NC(=O)C(C(O)C2CN=C(N)N2)NC(=O)C(Cc2ccc(OC3OC(CO)C(OC4OC5COC(c6ccc(-c7ccc(Cl)cc7)cc6)OC5C(O)C4O)C(O)C3O)cc2)NC1=O. The molecule has 570 valence electrons. The van der Waals surface area contributed by atoms with Crippen LogP contribution in [0.3, 0.4) is 0 Å². The zero-order valence-corrected chi connectivity index (χ0v) is 56.8. The summed E-state index contributed by atoms with van der Waals surface area (Å²) in [4.78, 5) is 96.9. The van der Waals surface area contributed by atoms with Crippen molar-refractivity contribution in [1.82, 2.24) is 42.1 Å². The molecular formula is C67H85ClN12O25. The molecule has 0 bridgehead atoms. The number of fused-ring (bicyclic) bond motifs is 1. The molecule has 38 heteroatoms. The van der Waals surface area contributed by atoms with E-state index in [2.05, 4.69) is 47.2 Å². The van der Waals surface area contributed by atoms with E-state index < -0.39 is 233 Å². The molecule has 11 rings (SSSR count). The first-order chi connectivity index (χ1) is 50.2. The molecular weight excluding hydrogens is 1410 g/mol. The Labute approximate surface area is 603 Å². The van der Waals surface area contributed by atoms with Crippen LogP contribution in [0, 0.1) is 0 Å². The number of nitrogens with zero attached hydrogens (tertiary/aromatic N) is 3. The van der Waals surface area contributed by atoms with Gasteiger partial charge >= 0.3 is 0 Å². The highest BCUT2D eigenvalue weighted by molar-refractivity contribution is 6.30. The van der Waals surface area contributed by atoms with Gasteiger partial charge < -0.3 is 148 Å². The van der Waals surface area contributed by atoms with Gasteiger partial charge in [-0.15, -0.1) is 0 Å². The van der Waals surface area contributed by atoms with E-state index >= 15 is 14.4 Å². The van der Waals surface area contributed by atoms with Gasteiger partial charge in [0.1, 0.15) is 121 Å². The Morgan fingerprint density at radius 1 is 0.619 bits per heavy atom. The number of ether oxygens (including phenoxy) is 7. The molecule has 25 unspecified atom stereocenters. The van der Waals surface area contributed by atoms with Crippen molar-refractivity contribution in [2.24, 2.45) is 21.5 Å². The van der Waals surface area contributed by atoms with E-state index in [9.17, 15) is 75.7 Å². The van der Waals surface area contributed by atoms with Crippen LogP contribution in [0.5, 0.6) is 5.75 Å². The molecule has 5 saturated heterocycles. The first-order valence-electron chi connectivity index (χ1n) is 33.6. The lowest BCUT2D eigenvalue weighted by molar-refractivity contribution is -0.383. The number of nitrogens with one attached hydrogen (secondary N) is 7. The molecule has 23 N–H and O–H groups in total. The van der Waals surface area contributed by atoms with Crippen LogP contribution >= 0.6 is 11.6 Å². The topological polar surface area (TPSA) is 574 Å². The van der Waals surface area contributed by atoms with Gasteiger partial charge in [0, 0.05) is 23.4 Å². The summed E-state index contributed by atoms with van der Waals surface area (Å²) in [5.41, 5.74) is 13.3. The number of hydrogen-bond acceptors (Lipinski definition) is 31. The third-order valence-corrected chi connectivity index (χ3v) is 19.5. The Hall–Kier alpha value is -8.39. The lowest BCUT2D eigenvalue weighted by atomic mass is 9.90. The fraction of sp³-hybridized carbons (Fsp3) is 0.522. The zero-order chi connectivity index (χ0) is 75.3. The quantitative estimate of drug-likeness (QED) is 0.0440. The van der Waals surface area contributed by atoms with Crippen LogP contribution in [-0.2, 0) is 70.0 Å². The fourth-order valence-electron chi connectivity index (χ4n) is 13.4. The van der Waals surface area contributed by atoms with Crippen molar-refractivity contribution in [3.8, 4) is 16.9 Å². The smallest absolute Gasteiger partial charge is 0.246 e. The molecule has 5 fully saturated rings. The van der Waals surface area contributed by atoms with E-state index in [1.807, 2.05) is 24.3 Å². The molecule has 105 heavy (non-hydrogen) atoms. The lowest BCUT2D eigenvalue weighted by Crippen LogP contribution is -2.70. The highest BCUT2D eigenvalue weighted by Gasteiger charge is 2.56. The number of carbonyl (C=O) groups excluding carboxylic acids is 6. The Morgan fingerprint density at radius 2 is 1.27 bits per heavy atom. The third-order valence-electron chi connectivity index (χ3n) is 19.2. The molecule has 0 aromatic heterocycles. The first kappa shape index (κ1) is 77.7. The summed E-state index contributed by atoms with van der Waals surface area (Å²) >= 11 is 6.06. The van der Waals surface area contributed by atoms with Crippen LogP contribution in [0.25, 0.3) is 11.1 Å². The molecule has 0 radical (unpaired) electrons. The summed E-state index contributed by atoms with van der Waals surface area (Å²) < 4.78 is 41.7. The van der Waals surface area contributed by atoms with Gasteiger partial charge in [-0.25, -0.2) is 0 Å². The number of benzene rings is 4. The minimum absolute atomic E-state index is 0.0533. The maximum atomic E-state index is 15.3. The molecule has 4 aromatic rings. The number of aliphatic hydroxyl groups excluding tert-OH is 12. The second-order valence-corrected chi connectivity index (χ2v) is 27.0. The number of nitrogens with two attached hydrogens (primary N) is 2. The summed E-state index contributed by atoms with van der Waals surface area (Å²) in [6.07, 6.45) is -31.3. The van der Waals surface area contributed by atoms with Gasteiger partial charge in [0.2, 0.25) is 41.7 Å². The number of aliphatic hydroxyl groups is 12. The second kappa shape index (κ2) is 33.6. The Morgan fingerprint density at radius 3 is 1.92 bits per heavy atom. The highest BCUT2D eigenvalue weighted by atomic mass is 35.5. The Bertz CT molecular complexity index is 3760. The number of halogens is 1. The summed E-state index contributed by atoms with van der Waals surface area (Å²) in [6, 6.07) is 17.0. The van der Waals surface area contributed by atoms with Crippen LogP contribution in [0.2, 0.25) is 5.02 Å². The van der Waals surface area contributed by atoms with E-state index in [1.165, 1.54) is 31.2 Å². The van der Waals surface area contributed by atoms with Crippen molar-refractivity contribution < 1.29 is 123 Å². The molecule has 0 saturated carbocycles. The second-order valence-electron chi connectivity index (χ2n) is 26.5. The minimum Gasteiger partial charge on any atom is -0.462 e. The summed E-state index contributed by atoms with van der Waals surface area (Å²) in [5.74, 6) is -8.08. The predicted octanol–water partition coefficient (Wildman–Crippen LogP) is -8.70. The average molecular weight is 1490 g/mol. The van der Waals surface area contributed by atoms with Crippen LogP contribution in [-0.4, -0.2) is 306 Å². The number of rotatable bonds is 18. The number of guanidine groups is 2. The highest BCUT2D eigenvalue weighted by Crippen LogP contribution is 2.38. The van der Waals surface area contributed by atoms with Crippen molar-refractivity contribution in [2.75, 3.05) is 46.1 Å². The maximum absolute atomic E-state index is 15.3. The first-order valence-corrected chi connectivity index (χ1v) is 34.0. The monoisotopic (exact) mass is 1490 g/mol. The van der Waals surface area contributed by atoms with Crippen molar-refractivity contribution in [2.45, 2.75) is 172 Å². The molecule has 0 aliphatic carbocycles. The molecule has 4 aromatic carbocycles.